The molecule has 3 N–H and O–H groups in total. The largest absolute Gasteiger partial charge is 0.355 e. The fourth-order valence-electron chi connectivity index (χ4n) is 1.11. The molecule has 0 aliphatic heterocycles. The van der Waals surface area contributed by atoms with E-state index in [0.29, 0.717) is 6.54 Å². The average molecular weight is 255 g/mol. The van der Waals surface area contributed by atoms with Crippen LogP contribution in [0.2, 0.25) is 0 Å². The zero-order valence-corrected chi connectivity index (χ0v) is 10.3. The molecule has 1 aromatic heterocycles. The van der Waals surface area contributed by atoms with Crippen LogP contribution in [0.15, 0.2) is 11.3 Å². The van der Waals surface area contributed by atoms with E-state index in [9.17, 15) is 0 Å². The number of imidazole rings is 1. The molecular formula is C10H16N6S. The third kappa shape index (κ3) is 4.78. The third-order valence-corrected chi connectivity index (χ3v) is 2.97. The summed E-state index contributed by atoms with van der Waals surface area (Å²) in [6.45, 7) is -0.0116. The molecule has 0 atom stereocenters. The summed E-state index contributed by atoms with van der Waals surface area (Å²) in [6, 6.07) is 0. The van der Waals surface area contributed by atoms with Gasteiger partial charge in [-0.15, -0.1) is 0 Å². The van der Waals surface area contributed by atoms with Crippen molar-refractivity contribution in [1.29, 1.82) is 5.26 Å². The Kier molecular flexibility index (Phi) is 4.17. The highest BCUT2D eigenvalue weighted by molar-refractivity contribution is 7.98. The van der Waals surface area contributed by atoms with Gasteiger partial charge in [-0.25, -0.2) is 4.98 Å². The molecule has 0 saturated carbocycles. The van der Waals surface area contributed by atoms with E-state index < -0.39 is 6.98 Å². The van der Waals surface area contributed by atoms with Crippen LogP contribution in [0.1, 0.15) is 15.5 Å². The fraction of sp³-hybridized carbons (Fsp3) is 0.500. The van der Waals surface area contributed by atoms with Crippen LogP contribution in [-0.2, 0) is 5.75 Å². The van der Waals surface area contributed by atoms with Gasteiger partial charge in [-0.05, 0) is 6.92 Å². The number of H-pyrrole nitrogens is 1. The lowest BCUT2D eigenvalue weighted by Gasteiger charge is -2.06. The number of hydrogen-bond acceptors (Lipinski definition) is 4. The average Bonchev–Trinajstić information content (AvgIpc) is 2.73. The van der Waals surface area contributed by atoms with Crippen LogP contribution >= 0.6 is 11.8 Å². The van der Waals surface area contributed by atoms with Crippen molar-refractivity contribution < 1.29 is 4.11 Å². The molecule has 1 aromatic rings. The molecule has 17 heavy (non-hydrogen) atoms. The number of rotatable bonds is 5. The van der Waals surface area contributed by atoms with Crippen LogP contribution in [0.4, 0.5) is 0 Å². The summed E-state index contributed by atoms with van der Waals surface area (Å²) < 4.78 is 21.0. The highest BCUT2D eigenvalue weighted by atomic mass is 32.2. The van der Waals surface area contributed by atoms with Crippen molar-refractivity contribution in [2.75, 3.05) is 19.3 Å². The summed E-state index contributed by atoms with van der Waals surface area (Å²) in [5.41, 5.74) is 2.04. The van der Waals surface area contributed by atoms with E-state index >= 15 is 0 Å². The minimum absolute atomic E-state index is 0.0379. The Labute approximate surface area is 109 Å². The summed E-state index contributed by atoms with van der Waals surface area (Å²) in [5, 5.41) is 13.5. The summed E-state index contributed by atoms with van der Waals surface area (Å²) >= 11 is 1.65. The highest BCUT2D eigenvalue weighted by Gasteiger charge is 2.00. The first-order valence-corrected chi connectivity index (χ1v) is 6.13. The van der Waals surface area contributed by atoms with Crippen LogP contribution in [0.3, 0.4) is 0 Å². The first-order valence-electron chi connectivity index (χ1n) is 6.48. The minimum atomic E-state index is -2.47. The van der Waals surface area contributed by atoms with Gasteiger partial charge < -0.3 is 10.3 Å². The Morgan fingerprint density at radius 3 is 3.35 bits per heavy atom. The smallest absolute Gasteiger partial charge is 0.204 e. The SMILES string of the molecule is [2H]C([2H])([2H])N=C(NC#N)NCCSCc1nc[nH]c1C. The lowest BCUT2D eigenvalue weighted by atomic mass is 10.4. The number of thioether (sulfide) groups is 1. The second-order valence-electron chi connectivity index (χ2n) is 3.15. The van der Waals surface area contributed by atoms with E-state index in [0.717, 1.165) is 22.9 Å². The lowest BCUT2D eigenvalue weighted by Crippen LogP contribution is -2.35. The molecule has 0 aliphatic carbocycles. The first kappa shape index (κ1) is 9.36. The Hall–Kier alpha value is -1.68. The molecule has 1 heterocycles. The highest BCUT2D eigenvalue weighted by Crippen LogP contribution is 2.11. The Balaban J connectivity index is 2.30. The summed E-state index contributed by atoms with van der Waals surface area (Å²) in [4.78, 5) is 10.6. The van der Waals surface area contributed by atoms with Gasteiger partial charge in [0.2, 0.25) is 5.96 Å². The van der Waals surface area contributed by atoms with Crippen molar-refractivity contribution in [3.63, 3.8) is 0 Å². The lowest BCUT2D eigenvalue weighted by molar-refractivity contribution is 0.930. The van der Waals surface area contributed by atoms with E-state index in [1.165, 1.54) is 0 Å². The standard InChI is InChI=1S/C10H16N6S/c1-8-9(16-7-15-8)5-17-4-3-13-10(12-2)14-6-11/h7H,3-5H2,1-2H3,(H,15,16)(H2,12,13,14)/i2D3. The summed E-state index contributed by atoms with van der Waals surface area (Å²) in [5.74, 6) is 1.47. The maximum absolute atomic E-state index is 8.51. The Morgan fingerprint density at radius 1 is 1.82 bits per heavy atom. The normalized spacial score (nSPS) is 14.4. The predicted molar refractivity (Wildman–Crippen MR) is 69.6 cm³/mol. The molecule has 0 spiro atoms. The molecule has 6 nitrogen and oxygen atoms in total. The van der Waals surface area contributed by atoms with E-state index in [2.05, 4.69) is 25.6 Å². The van der Waals surface area contributed by atoms with Crippen molar-refractivity contribution in [2.45, 2.75) is 12.7 Å². The van der Waals surface area contributed by atoms with Crippen molar-refractivity contribution >= 4 is 17.7 Å². The van der Waals surface area contributed by atoms with Crippen LogP contribution in [0.25, 0.3) is 0 Å². The van der Waals surface area contributed by atoms with E-state index in [1.54, 1.807) is 24.3 Å². The Bertz CT molecular complexity index is 490. The maximum Gasteiger partial charge on any atom is 0.204 e. The molecule has 7 heteroatoms. The molecular weight excluding hydrogens is 236 g/mol. The van der Waals surface area contributed by atoms with Crippen LogP contribution in [0.5, 0.6) is 0 Å². The predicted octanol–water partition coefficient (Wildman–Crippen LogP) is 0.597. The second kappa shape index (κ2) is 7.57. The number of aliphatic imine (C=N–C) groups is 1. The number of aromatic amines is 1. The maximum atomic E-state index is 8.51. The fourth-order valence-corrected chi connectivity index (χ4v) is 1.98. The number of guanidine groups is 1. The number of nitriles is 1. The van der Waals surface area contributed by atoms with E-state index in [4.69, 9.17) is 9.37 Å². The number of nitrogens with zero attached hydrogens (tertiary/aromatic N) is 3. The van der Waals surface area contributed by atoms with Crippen molar-refractivity contribution in [3.05, 3.63) is 17.7 Å². The van der Waals surface area contributed by atoms with Gasteiger partial charge >= 0.3 is 0 Å². The van der Waals surface area contributed by atoms with Crippen molar-refractivity contribution in [3.8, 4) is 6.19 Å². The molecule has 0 fully saturated rings. The molecule has 1 rings (SSSR count). The first-order chi connectivity index (χ1) is 9.42. The molecule has 92 valence electrons. The minimum Gasteiger partial charge on any atom is -0.355 e. The zero-order chi connectivity index (χ0) is 15.0. The van der Waals surface area contributed by atoms with Crippen molar-refractivity contribution in [1.82, 2.24) is 20.6 Å². The van der Waals surface area contributed by atoms with E-state index in [1.807, 2.05) is 6.92 Å². The van der Waals surface area contributed by atoms with Gasteiger partial charge in [0.05, 0.1) is 12.0 Å². The van der Waals surface area contributed by atoms with Gasteiger partial charge in [-0.2, -0.15) is 17.0 Å². The van der Waals surface area contributed by atoms with Gasteiger partial charge in [0.15, 0.2) is 6.19 Å². The van der Waals surface area contributed by atoms with Crippen LogP contribution in [-0.4, -0.2) is 35.2 Å². The molecule has 0 radical (unpaired) electrons. The van der Waals surface area contributed by atoms with E-state index in [-0.39, 0.29) is 5.96 Å². The summed E-state index contributed by atoms with van der Waals surface area (Å²) in [7, 11) is 0. The van der Waals surface area contributed by atoms with Crippen molar-refractivity contribution in [2.24, 2.45) is 4.99 Å². The van der Waals surface area contributed by atoms with Crippen LogP contribution < -0.4 is 10.6 Å². The Morgan fingerprint density at radius 2 is 2.71 bits per heavy atom. The van der Waals surface area contributed by atoms with Gasteiger partial charge in [0.1, 0.15) is 0 Å². The number of nitrogens with one attached hydrogen (secondary N) is 3. The van der Waals surface area contributed by atoms with Crippen LogP contribution in [0, 0.1) is 18.4 Å². The summed E-state index contributed by atoms with van der Waals surface area (Å²) in [6.07, 6.45) is 3.30. The second-order valence-corrected chi connectivity index (χ2v) is 4.26. The molecule has 0 unspecified atom stereocenters. The monoisotopic (exact) mass is 255 g/mol. The molecule has 0 aliphatic rings. The topological polar surface area (TPSA) is 88.9 Å². The molecule has 0 amide bonds. The van der Waals surface area contributed by atoms with Gasteiger partial charge in [0.25, 0.3) is 0 Å². The van der Waals surface area contributed by atoms with Gasteiger partial charge in [0, 0.05) is 34.8 Å². The third-order valence-electron chi connectivity index (χ3n) is 2.00. The molecule has 0 bridgehead atoms. The molecule has 0 aromatic carbocycles. The quantitative estimate of drug-likeness (QED) is 0.236. The number of hydrogen-bond donors (Lipinski definition) is 3. The van der Waals surface area contributed by atoms with Gasteiger partial charge in [-0.1, -0.05) is 0 Å². The number of aryl methyl sites for hydroxylation is 1. The zero-order valence-electron chi connectivity index (χ0n) is 12.4. The number of aromatic nitrogens is 2. The van der Waals surface area contributed by atoms with Gasteiger partial charge in [-0.3, -0.25) is 10.3 Å². The molecule has 0 saturated heterocycles.